The molecule has 1 unspecified atom stereocenters. The highest BCUT2D eigenvalue weighted by molar-refractivity contribution is 7.88. The van der Waals surface area contributed by atoms with Crippen LogP contribution in [0.15, 0.2) is 6.20 Å². The maximum absolute atomic E-state index is 13.7. The Labute approximate surface area is 184 Å². The minimum Gasteiger partial charge on any atom is -0.331 e. The molecular formula is C21H33N5O4S. The number of piperidine rings is 1. The second-order valence-electron chi connectivity index (χ2n) is 9.57. The second kappa shape index (κ2) is 8.20. The first-order valence-electron chi connectivity index (χ1n) is 11.2. The SMILES string of the molecule is CC(C)[C@H]1C(=O)N(S(C)(=O)=O)[C@H]2CCN(C(=O)c3c(CC4CCCNC4)cnn3C)[C@H]12. The fourth-order valence-electron chi connectivity index (χ4n) is 5.72. The van der Waals surface area contributed by atoms with E-state index in [0.29, 0.717) is 24.6 Å². The quantitative estimate of drug-likeness (QED) is 0.704. The van der Waals surface area contributed by atoms with Gasteiger partial charge in [-0.1, -0.05) is 13.8 Å². The average Bonchev–Trinajstić information content (AvgIpc) is 3.33. The monoisotopic (exact) mass is 451 g/mol. The smallest absolute Gasteiger partial charge is 0.272 e. The number of likely N-dealkylation sites (tertiary alicyclic amines) is 1. The molecule has 3 fully saturated rings. The number of nitrogens with one attached hydrogen (secondary N) is 1. The number of hydrogen-bond donors (Lipinski definition) is 1. The molecule has 4 rings (SSSR count). The van der Waals surface area contributed by atoms with E-state index in [9.17, 15) is 18.0 Å². The molecule has 4 heterocycles. The van der Waals surface area contributed by atoms with Crippen molar-refractivity contribution < 1.29 is 18.0 Å². The van der Waals surface area contributed by atoms with Gasteiger partial charge in [0.1, 0.15) is 5.69 Å². The van der Waals surface area contributed by atoms with E-state index in [1.165, 1.54) is 0 Å². The standard InChI is InChI=1S/C21H33N5O4S/c1-13(2)17-19-16(26(20(17)27)31(4,29)30)7-9-25(19)21(28)18-15(12-23-24(18)3)10-14-6-5-8-22-11-14/h12-14,16-17,19,22H,5-11H2,1-4H3/t14?,16-,17+,19-/m0/s1. The molecule has 0 aliphatic carbocycles. The number of aryl methyl sites for hydroxylation is 1. The van der Waals surface area contributed by atoms with Gasteiger partial charge in [-0.15, -0.1) is 0 Å². The molecule has 172 valence electrons. The van der Waals surface area contributed by atoms with E-state index in [0.717, 1.165) is 48.5 Å². The van der Waals surface area contributed by atoms with Crippen molar-refractivity contribution in [3.05, 3.63) is 17.5 Å². The van der Waals surface area contributed by atoms with Crippen LogP contribution in [0.3, 0.4) is 0 Å². The molecule has 1 N–H and O–H groups in total. The molecule has 4 atom stereocenters. The lowest BCUT2D eigenvalue weighted by atomic mass is 9.88. The number of carbonyl (C=O) groups is 2. The van der Waals surface area contributed by atoms with Crippen molar-refractivity contribution in [3.63, 3.8) is 0 Å². The Morgan fingerprint density at radius 3 is 2.68 bits per heavy atom. The van der Waals surface area contributed by atoms with Gasteiger partial charge in [-0.05, 0) is 50.6 Å². The molecule has 31 heavy (non-hydrogen) atoms. The van der Waals surface area contributed by atoms with Crippen molar-refractivity contribution in [1.29, 1.82) is 0 Å². The van der Waals surface area contributed by atoms with Gasteiger partial charge >= 0.3 is 0 Å². The maximum atomic E-state index is 13.7. The van der Waals surface area contributed by atoms with E-state index < -0.39 is 28.0 Å². The van der Waals surface area contributed by atoms with E-state index in [-0.39, 0.29) is 17.7 Å². The summed E-state index contributed by atoms with van der Waals surface area (Å²) in [5.74, 6) is -0.665. The predicted octanol–water partition coefficient (Wildman–Crippen LogP) is 0.619. The van der Waals surface area contributed by atoms with Crippen LogP contribution in [-0.2, 0) is 28.3 Å². The average molecular weight is 452 g/mol. The molecule has 3 aliphatic rings. The summed E-state index contributed by atoms with van der Waals surface area (Å²) in [6, 6.07) is -0.924. The van der Waals surface area contributed by atoms with Gasteiger partial charge < -0.3 is 10.2 Å². The van der Waals surface area contributed by atoms with Crippen molar-refractivity contribution in [2.45, 2.75) is 51.6 Å². The molecule has 0 radical (unpaired) electrons. The van der Waals surface area contributed by atoms with Crippen LogP contribution in [-0.4, -0.2) is 77.2 Å². The van der Waals surface area contributed by atoms with Crippen LogP contribution in [0.25, 0.3) is 0 Å². The lowest BCUT2D eigenvalue weighted by Gasteiger charge is -2.30. The van der Waals surface area contributed by atoms with Crippen molar-refractivity contribution in [1.82, 2.24) is 24.3 Å². The summed E-state index contributed by atoms with van der Waals surface area (Å²) < 4.78 is 27.4. The van der Waals surface area contributed by atoms with Crippen LogP contribution in [0.2, 0.25) is 0 Å². The number of aromatic nitrogens is 2. The Morgan fingerprint density at radius 2 is 2.06 bits per heavy atom. The van der Waals surface area contributed by atoms with Gasteiger partial charge in [0.05, 0.1) is 30.5 Å². The fourth-order valence-corrected chi connectivity index (χ4v) is 6.89. The molecule has 2 amide bonds. The first kappa shape index (κ1) is 22.3. The van der Waals surface area contributed by atoms with E-state index in [1.807, 2.05) is 13.8 Å². The molecule has 0 saturated carbocycles. The minimum absolute atomic E-state index is 0.0699. The summed E-state index contributed by atoms with van der Waals surface area (Å²) in [7, 11) is -1.92. The molecule has 3 aliphatic heterocycles. The summed E-state index contributed by atoms with van der Waals surface area (Å²) in [4.78, 5) is 28.5. The van der Waals surface area contributed by atoms with Crippen molar-refractivity contribution in [2.75, 3.05) is 25.9 Å². The van der Waals surface area contributed by atoms with E-state index in [1.54, 1.807) is 22.8 Å². The molecule has 1 aromatic heterocycles. The van der Waals surface area contributed by atoms with Crippen LogP contribution in [0, 0.1) is 17.8 Å². The topological polar surface area (TPSA) is 105 Å². The van der Waals surface area contributed by atoms with E-state index in [4.69, 9.17) is 0 Å². The zero-order chi connectivity index (χ0) is 22.5. The number of hydrogen-bond acceptors (Lipinski definition) is 6. The highest BCUT2D eigenvalue weighted by Crippen LogP contribution is 2.42. The lowest BCUT2D eigenvalue weighted by Crippen LogP contribution is -2.45. The van der Waals surface area contributed by atoms with Crippen molar-refractivity contribution in [3.8, 4) is 0 Å². The Balaban J connectivity index is 1.64. The first-order valence-corrected chi connectivity index (χ1v) is 13.0. The zero-order valence-corrected chi connectivity index (χ0v) is 19.6. The minimum atomic E-state index is -3.69. The molecule has 0 spiro atoms. The summed E-state index contributed by atoms with van der Waals surface area (Å²) in [6.45, 7) is 6.24. The molecule has 1 aromatic rings. The normalized spacial score (nSPS) is 29.1. The third-order valence-electron chi connectivity index (χ3n) is 7.05. The summed E-state index contributed by atoms with van der Waals surface area (Å²) >= 11 is 0. The van der Waals surface area contributed by atoms with Crippen LogP contribution >= 0.6 is 0 Å². The molecule has 10 heteroatoms. The molecule has 9 nitrogen and oxygen atoms in total. The summed E-state index contributed by atoms with van der Waals surface area (Å²) in [5.41, 5.74) is 1.48. The second-order valence-corrected chi connectivity index (χ2v) is 11.4. The first-order chi connectivity index (χ1) is 14.6. The highest BCUT2D eigenvalue weighted by atomic mass is 32.2. The van der Waals surface area contributed by atoms with Gasteiger partial charge in [0.25, 0.3) is 5.91 Å². The molecular weight excluding hydrogens is 418 g/mol. The van der Waals surface area contributed by atoms with Crippen molar-refractivity contribution in [2.24, 2.45) is 24.8 Å². The largest absolute Gasteiger partial charge is 0.331 e. The van der Waals surface area contributed by atoms with E-state index >= 15 is 0 Å². The van der Waals surface area contributed by atoms with Crippen LogP contribution in [0.5, 0.6) is 0 Å². The Kier molecular flexibility index (Phi) is 5.89. The van der Waals surface area contributed by atoms with Gasteiger partial charge in [0, 0.05) is 19.2 Å². The fraction of sp³-hybridized carbons (Fsp3) is 0.762. The summed E-state index contributed by atoms with van der Waals surface area (Å²) in [5, 5.41) is 7.77. The lowest BCUT2D eigenvalue weighted by molar-refractivity contribution is -0.129. The molecule has 0 aromatic carbocycles. The maximum Gasteiger partial charge on any atom is 0.272 e. The van der Waals surface area contributed by atoms with Gasteiger partial charge in [-0.3, -0.25) is 14.3 Å². The van der Waals surface area contributed by atoms with Gasteiger partial charge in [0.15, 0.2) is 0 Å². The van der Waals surface area contributed by atoms with Crippen molar-refractivity contribution >= 4 is 21.8 Å². The van der Waals surface area contributed by atoms with Gasteiger partial charge in [-0.2, -0.15) is 5.10 Å². The predicted molar refractivity (Wildman–Crippen MR) is 116 cm³/mol. The van der Waals surface area contributed by atoms with Gasteiger partial charge in [0.2, 0.25) is 15.9 Å². The Bertz CT molecular complexity index is 966. The number of carbonyl (C=O) groups excluding carboxylic acids is 2. The number of amides is 2. The molecule has 3 saturated heterocycles. The van der Waals surface area contributed by atoms with Crippen LogP contribution < -0.4 is 5.32 Å². The number of nitrogens with zero attached hydrogens (tertiary/aromatic N) is 4. The van der Waals surface area contributed by atoms with E-state index in [2.05, 4.69) is 10.4 Å². The highest BCUT2D eigenvalue weighted by Gasteiger charge is 2.58. The van der Waals surface area contributed by atoms with Gasteiger partial charge in [-0.25, -0.2) is 12.7 Å². The zero-order valence-electron chi connectivity index (χ0n) is 18.7. The number of sulfonamides is 1. The third-order valence-corrected chi connectivity index (χ3v) is 8.22. The Morgan fingerprint density at radius 1 is 1.32 bits per heavy atom. The number of fused-ring (bicyclic) bond motifs is 1. The Hall–Kier alpha value is -1.94. The summed E-state index contributed by atoms with van der Waals surface area (Å²) in [6.07, 6.45) is 6.36. The van der Waals surface area contributed by atoms with Crippen LogP contribution in [0.1, 0.15) is 49.2 Å². The molecule has 0 bridgehead atoms. The van der Waals surface area contributed by atoms with Crippen LogP contribution in [0.4, 0.5) is 0 Å². The number of rotatable bonds is 5. The third kappa shape index (κ3) is 3.88.